The molecule has 1 aliphatic carbocycles. The van der Waals surface area contributed by atoms with Crippen LogP contribution in [-0.2, 0) is 14.9 Å². The van der Waals surface area contributed by atoms with Gasteiger partial charge in [-0.3, -0.25) is 4.79 Å². The molecular weight excluding hydrogens is 350 g/mol. The summed E-state index contributed by atoms with van der Waals surface area (Å²) in [4.78, 5) is 27.2. The summed E-state index contributed by atoms with van der Waals surface area (Å²) >= 11 is 6.13. The van der Waals surface area contributed by atoms with Crippen molar-refractivity contribution in [3.05, 3.63) is 64.7 Å². The fourth-order valence-corrected chi connectivity index (χ4v) is 4.08. The maximum Gasteiger partial charge on any atom is 0.421 e. The summed E-state index contributed by atoms with van der Waals surface area (Å²) in [5.74, 6) is -0.194. The van der Waals surface area contributed by atoms with E-state index < -0.39 is 17.1 Å². The monoisotopic (exact) mass is 369 g/mol. The number of fused-ring (bicyclic) bond motifs is 2. The number of nitrogens with zero attached hydrogens (tertiary/aromatic N) is 1. The van der Waals surface area contributed by atoms with Gasteiger partial charge >= 0.3 is 6.09 Å². The molecule has 0 N–H and O–H groups in total. The van der Waals surface area contributed by atoms with Crippen molar-refractivity contribution in [3.63, 3.8) is 0 Å². The van der Waals surface area contributed by atoms with Gasteiger partial charge in [0.25, 0.3) is 0 Å². The van der Waals surface area contributed by atoms with E-state index in [1.165, 1.54) is 4.90 Å². The Labute approximate surface area is 157 Å². The van der Waals surface area contributed by atoms with Crippen LogP contribution in [0.15, 0.2) is 48.5 Å². The maximum absolute atomic E-state index is 13.3. The Morgan fingerprint density at radius 1 is 1.19 bits per heavy atom. The van der Waals surface area contributed by atoms with Gasteiger partial charge < -0.3 is 4.74 Å². The van der Waals surface area contributed by atoms with Crippen LogP contribution in [0.4, 0.5) is 10.5 Å². The van der Waals surface area contributed by atoms with Gasteiger partial charge in [0.15, 0.2) is 0 Å². The minimum absolute atomic E-state index is 0.0160. The number of hydrogen-bond acceptors (Lipinski definition) is 3. The molecule has 2 atom stereocenters. The van der Waals surface area contributed by atoms with Crippen LogP contribution in [0, 0.1) is 0 Å². The lowest BCUT2D eigenvalue weighted by Crippen LogP contribution is -2.41. The second-order valence-electron chi connectivity index (χ2n) is 7.92. The summed E-state index contributed by atoms with van der Waals surface area (Å²) < 4.78 is 5.48. The molecule has 2 aliphatic rings. The lowest BCUT2D eigenvalue weighted by Gasteiger charge is -2.24. The number of benzene rings is 2. The molecule has 26 heavy (non-hydrogen) atoms. The third-order valence-electron chi connectivity index (χ3n) is 5.00. The van der Waals surface area contributed by atoms with Gasteiger partial charge in [-0.1, -0.05) is 41.9 Å². The minimum atomic E-state index is -0.696. The number of carbonyl (C=O) groups is 2. The van der Waals surface area contributed by atoms with Crippen molar-refractivity contribution in [2.75, 3.05) is 4.90 Å². The predicted molar refractivity (Wildman–Crippen MR) is 101 cm³/mol. The van der Waals surface area contributed by atoms with Crippen LogP contribution in [0.3, 0.4) is 0 Å². The molecule has 134 valence electrons. The fourth-order valence-electron chi connectivity index (χ4n) is 3.88. The molecular formula is C21H20ClNO3. The van der Waals surface area contributed by atoms with Crippen LogP contribution >= 0.6 is 11.6 Å². The first-order valence-electron chi connectivity index (χ1n) is 8.66. The molecule has 4 rings (SSSR count). The lowest BCUT2D eigenvalue weighted by atomic mass is 9.92. The summed E-state index contributed by atoms with van der Waals surface area (Å²) in [6, 6.07) is 15.1. The molecule has 0 radical (unpaired) electrons. The molecule has 5 heteroatoms. The number of carbonyl (C=O) groups excluding carboxylic acids is 2. The Balaban J connectivity index is 1.75. The second-order valence-corrected chi connectivity index (χ2v) is 8.36. The number of para-hydroxylation sites is 1. The van der Waals surface area contributed by atoms with E-state index in [0.717, 1.165) is 11.1 Å². The van der Waals surface area contributed by atoms with Crippen LogP contribution in [0.5, 0.6) is 0 Å². The van der Waals surface area contributed by atoms with Crippen molar-refractivity contribution < 1.29 is 14.3 Å². The van der Waals surface area contributed by atoms with Gasteiger partial charge in [0, 0.05) is 10.9 Å². The molecule has 2 aromatic rings. The minimum Gasteiger partial charge on any atom is -0.443 e. The summed E-state index contributed by atoms with van der Waals surface area (Å²) in [5, 5.41) is 0.646. The number of halogens is 1. The molecule has 0 aromatic heterocycles. The van der Waals surface area contributed by atoms with E-state index in [4.69, 9.17) is 16.3 Å². The Bertz CT molecular complexity index is 917. The van der Waals surface area contributed by atoms with E-state index in [1.807, 2.05) is 42.5 Å². The highest BCUT2D eigenvalue weighted by atomic mass is 35.5. The van der Waals surface area contributed by atoms with E-state index in [1.54, 1.807) is 26.8 Å². The van der Waals surface area contributed by atoms with Crippen molar-refractivity contribution >= 4 is 29.3 Å². The van der Waals surface area contributed by atoms with Gasteiger partial charge in [0.05, 0.1) is 11.1 Å². The Hall–Kier alpha value is -2.33. The molecule has 2 aromatic carbocycles. The van der Waals surface area contributed by atoms with E-state index in [-0.39, 0.29) is 11.8 Å². The molecule has 1 spiro atoms. The zero-order valence-corrected chi connectivity index (χ0v) is 15.7. The van der Waals surface area contributed by atoms with E-state index >= 15 is 0 Å². The standard InChI is InChI=1S/C21H20ClNO3/c1-20(2,3)26-19(25)23-17-10-5-4-9-15(17)21(18(23)24)12-16(21)13-7-6-8-14(22)11-13/h4-11,16H,12H2,1-3H3/t16-,21-/m1/s1. The Morgan fingerprint density at radius 3 is 2.62 bits per heavy atom. The number of hydrogen-bond donors (Lipinski definition) is 0. The van der Waals surface area contributed by atoms with Crippen LogP contribution in [-0.4, -0.2) is 17.6 Å². The molecule has 0 bridgehead atoms. The van der Waals surface area contributed by atoms with E-state index in [2.05, 4.69) is 0 Å². The largest absolute Gasteiger partial charge is 0.443 e. The molecule has 0 saturated heterocycles. The summed E-state index contributed by atoms with van der Waals surface area (Å²) in [7, 11) is 0. The molecule has 1 saturated carbocycles. The van der Waals surface area contributed by atoms with Gasteiger partial charge in [-0.05, 0) is 56.5 Å². The van der Waals surface area contributed by atoms with Crippen molar-refractivity contribution in [2.24, 2.45) is 0 Å². The maximum atomic E-state index is 13.3. The first-order chi connectivity index (χ1) is 12.2. The Kier molecular flexibility index (Phi) is 3.67. The van der Waals surface area contributed by atoms with Crippen LogP contribution < -0.4 is 4.90 Å². The zero-order chi connectivity index (χ0) is 18.7. The van der Waals surface area contributed by atoms with Crippen molar-refractivity contribution in [3.8, 4) is 0 Å². The molecule has 1 fully saturated rings. The topological polar surface area (TPSA) is 46.6 Å². The molecule has 1 heterocycles. The van der Waals surface area contributed by atoms with E-state index in [0.29, 0.717) is 17.1 Å². The highest BCUT2D eigenvalue weighted by Gasteiger charge is 2.68. The quantitative estimate of drug-likeness (QED) is 0.706. The number of rotatable bonds is 1. The van der Waals surface area contributed by atoms with Crippen molar-refractivity contribution in [1.29, 1.82) is 0 Å². The molecule has 0 unspecified atom stereocenters. The SMILES string of the molecule is CC(C)(C)OC(=O)N1C(=O)[C@]2(C[C@@H]2c2cccc(Cl)c2)c2ccccc21. The third-order valence-corrected chi connectivity index (χ3v) is 5.23. The van der Waals surface area contributed by atoms with Crippen molar-refractivity contribution in [1.82, 2.24) is 0 Å². The van der Waals surface area contributed by atoms with Gasteiger partial charge in [0.2, 0.25) is 5.91 Å². The fraction of sp³-hybridized carbons (Fsp3) is 0.333. The first kappa shape index (κ1) is 17.1. The van der Waals surface area contributed by atoms with Gasteiger partial charge in [-0.25, -0.2) is 9.69 Å². The average molecular weight is 370 g/mol. The summed E-state index contributed by atoms with van der Waals surface area (Å²) in [6.45, 7) is 5.37. The first-order valence-corrected chi connectivity index (χ1v) is 9.04. The smallest absolute Gasteiger partial charge is 0.421 e. The van der Waals surface area contributed by atoms with Crippen LogP contribution in [0.2, 0.25) is 5.02 Å². The Morgan fingerprint density at radius 2 is 1.92 bits per heavy atom. The van der Waals surface area contributed by atoms with E-state index in [9.17, 15) is 9.59 Å². The average Bonchev–Trinajstić information content (AvgIpc) is 3.25. The summed E-state index contributed by atoms with van der Waals surface area (Å²) in [6.07, 6.45) is 0.0474. The molecule has 2 amide bonds. The zero-order valence-electron chi connectivity index (χ0n) is 15.0. The van der Waals surface area contributed by atoms with Gasteiger partial charge in [-0.2, -0.15) is 0 Å². The highest BCUT2D eigenvalue weighted by Crippen LogP contribution is 2.66. The van der Waals surface area contributed by atoms with Crippen LogP contribution in [0.1, 0.15) is 44.2 Å². The predicted octanol–water partition coefficient (Wildman–Crippen LogP) is 5.05. The summed E-state index contributed by atoms with van der Waals surface area (Å²) in [5.41, 5.74) is 1.17. The van der Waals surface area contributed by atoms with Crippen LogP contribution in [0.25, 0.3) is 0 Å². The second kappa shape index (κ2) is 5.58. The highest BCUT2D eigenvalue weighted by molar-refractivity contribution is 6.30. The third kappa shape index (κ3) is 2.52. The lowest BCUT2D eigenvalue weighted by molar-refractivity contribution is -0.120. The van der Waals surface area contributed by atoms with Gasteiger partial charge in [0.1, 0.15) is 5.60 Å². The molecule has 4 nitrogen and oxygen atoms in total. The molecule has 1 aliphatic heterocycles. The van der Waals surface area contributed by atoms with Crippen molar-refractivity contribution in [2.45, 2.75) is 44.1 Å². The van der Waals surface area contributed by atoms with Gasteiger partial charge in [-0.15, -0.1) is 0 Å². The number of ether oxygens (including phenoxy) is 1. The number of anilines is 1. The number of imide groups is 1. The number of amides is 2. The normalized spacial score (nSPS) is 23.9.